The molecule has 0 N–H and O–H groups in total. The Morgan fingerprint density at radius 3 is 1.65 bits per heavy atom. The molecule has 0 aromatic carbocycles. The van der Waals surface area contributed by atoms with E-state index in [1.165, 1.54) is 109 Å². The Balaban J connectivity index is 1.87. The van der Waals surface area contributed by atoms with Crippen molar-refractivity contribution in [3.05, 3.63) is 0 Å². The lowest BCUT2D eigenvalue weighted by Gasteiger charge is -2.28. The highest BCUT2D eigenvalue weighted by molar-refractivity contribution is 4.73. The first-order valence-corrected chi connectivity index (χ1v) is 12.0. The molecule has 2 heteroatoms. The van der Waals surface area contributed by atoms with Crippen molar-refractivity contribution in [3.8, 4) is 0 Å². The Labute approximate surface area is 164 Å². The molecule has 156 valence electrons. The van der Waals surface area contributed by atoms with Crippen molar-refractivity contribution < 1.29 is 4.39 Å². The van der Waals surface area contributed by atoms with Gasteiger partial charge in [-0.25, -0.2) is 0 Å². The van der Waals surface area contributed by atoms with Crippen molar-refractivity contribution in [2.24, 2.45) is 11.8 Å². The lowest BCUT2D eigenvalue weighted by molar-refractivity contribution is 0.243. The van der Waals surface area contributed by atoms with Gasteiger partial charge in [0.15, 0.2) is 0 Å². The molecule has 1 aliphatic rings. The number of halogens is 1. The summed E-state index contributed by atoms with van der Waals surface area (Å²) in [6.45, 7) is 4.65. The maximum atomic E-state index is 12.0. The summed E-state index contributed by atoms with van der Waals surface area (Å²) in [7, 11) is 2.27. The minimum atomic E-state index is -0.139. The lowest BCUT2D eigenvalue weighted by Crippen LogP contribution is -2.21. The first-order chi connectivity index (χ1) is 12.8. The molecule has 0 atom stereocenters. The zero-order chi connectivity index (χ0) is 18.9. The van der Waals surface area contributed by atoms with Crippen LogP contribution in [0.3, 0.4) is 0 Å². The van der Waals surface area contributed by atoms with Crippen LogP contribution in [-0.4, -0.2) is 31.7 Å². The topological polar surface area (TPSA) is 3.24 Å². The van der Waals surface area contributed by atoms with Gasteiger partial charge in [0.25, 0.3) is 0 Å². The summed E-state index contributed by atoms with van der Waals surface area (Å²) in [6.07, 6.45) is 23.1. The summed E-state index contributed by atoms with van der Waals surface area (Å²) in [4.78, 5) is 2.50. The van der Waals surface area contributed by atoms with Gasteiger partial charge in [-0.2, -0.15) is 0 Å². The second-order valence-corrected chi connectivity index (χ2v) is 8.99. The molecule has 1 fully saturated rings. The summed E-state index contributed by atoms with van der Waals surface area (Å²) in [6, 6.07) is 0. The van der Waals surface area contributed by atoms with Crippen molar-refractivity contribution in [1.29, 1.82) is 0 Å². The van der Waals surface area contributed by atoms with Crippen LogP contribution in [0.4, 0.5) is 4.39 Å². The van der Waals surface area contributed by atoms with Crippen molar-refractivity contribution in [2.75, 3.05) is 26.8 Å². The van der Waals surface area contributed by atoms with E-state index in [1.54, 1.807) is 0 Å². The molecule has 0 unspecified atom stereocenters. The van der Waals surface area contributed by atoms with Gasteiger partial charge >= 0.3 is 0 Å². The number of nitrogens with zero attached hydrogens (tertiary/aromatic N) is 1. The van der Waals surface area contributed by atoms with Gasteiger partial charge in [0.2, 0.25) is 0 Å². The summed E-state index contributed by atoms with van der Waals surface area (Å²) in [5.41, 5.74) is 0. The highest BCUT2D eigenvalue weighted by Gasteiger charge is 2.20. The Bertz CT molecular complexity index is 286. The molecule has 0 amide bonds. The quantitative estimate of drug-likeness (QED) is 0.236. The van der Waals surface area contributed by atoms with E-state index < -0.39 is 0 Å². The molecule has 1 aliphatic carbocycles. The van der Waals surface area contributed by atoms with Crippen LogP contribution in [0.5, 0.6) is 0 Å². The molecule has 0 bridgehead atoms. The van der Waals surface area contributed by atoms with Crippen LogP contribution in [-0.2, 0) is 0 Å². The molecule has 1 saturated carbocycles. The molecular formula is C24H48FN. The third-order valence-electron chi connectivity index (χ3n) is 6.51. The predicted octanol–water partition coefficient (Wildman–Crippen LogP) is 7.79. The van der Waals surface area contributed by atoms with Gasteiger partial charge in [0.05, 0.1) is 6.67 Å². The van der Waals surface area contributed by atoms with E-state index in [9.17, 15) is 4.39 Å². The van der Waals surface area contributed by atoms with Crippen LogP contribution in [0.1, 0.15) is 116 Å². The van der Waals surface area contributed by atoms with Gasteiger partial charge in [-0.1, -0.05) is 96.8 Å². The molecule has 0 radical (unpaired) electrons. The van der Waals surface area contributed by atoms with Crippen LogP contribution in [0.15, 0.2) is 0 Å². The van der Waals surface area contributed by atoms with E-state index in [0.717, 1.165) is 24.7 Å². The fraction of sp³-hybridized carbons (Fsp3) is 1.00. The zero-order valence-electron chi connectivity index (χ0n) is 18.1. The molecule has 0 saturated heterocycles. The standard InChI is InChI=1S/C24H48FN/c1-3-4-9-14-23-16-18-24(19-17-23)15-10-8-13-22-26(2)21-12-7-5-6-11-20-25/h23-24H,3-22H2,1-2H3. The molecule has 1 nitrogen and oxygen atoms in total. The molecular weight excluding hydrogens is 321 g/mol. The van der Waals surface area contributed by atoms with Crippen molar-refractivity contribution in [2.45, 2.75) is 116 Å². The molecule has 0 aromatic rings. The van der Waals surface area contributed by atoms with Crippen LogP contribution in [0.2, 0.25) is 0 Å². The number of hydrogen-bond donors (Lipinski definition) is 0. The monoisotopic (exact) mass is 369 g/mol. The largest absolute Gasteiger partial charge is 0.306 e. The van der Waals surface area contributed by atoms with Crippen LogP contribution >= 0.6 is 0 Å². The van der Waals surface area contributed by atoms with Crippen LogP contribution in [0.25, 0.3) is 0 Å². The lowest BCUT2D eigenvalue weighted by atomic mass is 9.78. The van der Waals surface area contributed by atoms with Gasteiger partial charge in [0, 0.05) is 0 Å². The van der Waals surface area contributed by atoms with Gasteiger partial charge in [-0.3, -0.25) is 4.39 Å². The van der Waals surface area contributed by atoms with Crippen LogP contribution < -0.4 is 0 Å². The van der Waals surface area contributed by atoms with E-state index in [4.69, 9.17) is 0 Å². The van der Waals surface area contributed by atoms with Gasteiger partial charge in [-0.15, -0.1) is 0 Å². The van der Waals surface area contributed by atoms with Crippen molar-refractivity contribution in [3.63, 3.8) is 0 Å². The normalized spacial score (nSPS) is 20.8. The minimum Gasteiger partial charge on any atom is -0.306 e. The fourth-order valence-corrected chi connectivity index (χ4v) is 4.60. The van der Waals surface area contributed by atoms with Crippen molar-refractivity contribution >= 4 is 0 Å². The average Bonchev–Trinajstić information content (AvgIpc) is 2.65. The van der Waals surface area contributed by atoms with E-state index in [0.29, 0.717) is 0 Å². The second-order valence-electron chi connectivity index (χ2n) is 8.99. The van der Waals surface area contributed by atoms with Crippen molar-refractivity contribution in [1.82, 2.24) is 4.90 Å². The van der Waals surface area contributed by atoms with E-state index >= 15 is 0 Å². The van der Waals surface area contributed by atoms with Crippen LogP contribution in [0, 0.1) is 11.8 Å². The number of alkyl halides is 1. The molecule has 26 heavy (non-hydrogen) atoms. The summed E-state index contributed by atoms with van der Waals surface area (Å²) in [5, 5.41) is 0. The van der Waals surface area contributed by atoms with E-state index in [-0.39, 0.29) is 6.67 Å². The number of rotatable bonds is 17. The van der Waals surface area contributed by atoms with Gasteiger partial charge < -0.3 is 4.90 Å². The smallest absolute Gasteiger partial charge is 0.0894 e. The van der Waals surface area contributed by atoms with Gasteiger partial charge in [-0.05, 0) is 51.2 Å². The maximum absolute atomic E-state index is 12.0. The highest BCUT2D eigenvalue weighted by atomic mass is 19.1. The predicted molar refractivity (Wildman–Crippen MR) is 115 cm³/mol. The Morgan fingerprint density at radius 1 is 0.654 bits per heavy atom. The Morgan fingerprint density at radius 2 is 1.12 bits per heavy atom. The third kappa shape index (κ3) is 13.1. The maximum Gasteiger partial charge on any atom is 0.0894 e. The minimum absolute atomic E-state index is 0.139. The third-order valence-corrected chi connectivity index (χ3v) is 6.51. The average molecular weight is 370 g/mol. The number of hydrogen-bond acceptors (Lipinski definition) is 1. The van der Waals surface area contributed by atoms with E-state index in [1.807, 2.05) is 0 Å². The Kier molecular flexibility index (Phi) is 15.7. The van der Waals surface area contributed by atoms with Gasteiger partial charge in [0.1, 0.15) is 0 Å². The molecule has 0 spiro atoms. The Hall–Kier alpha value is -0.110. The molecule has 0 heterocycles. The summed E-state index contributed by atoms with van der Waals surface area (Å²) in [5.74, 6) is 2.10. The second kappa shape index (κ2) is 17.0. The first-order valence-electron chi connectivity index (χ1n) is 12.0. The molecule has 1 rings (SSSR count). The number of unbranched alkanes of at least 4 members (excludes halogenated alkanes) is 8. The first kappa shape index (κ1) is 23.9. The highest BCUT2D eigenvalue weighted by Crippen LogP contribution is 2.34. The summed E-state index contributed by atoms with van der Waals surface area (Å²) >= 11 is 0. The fourth-order valence-electron chi connectivity index (χ4n) is 4.60. The molecule has 0 aromatic heterocycles. The summed E-state index contributed by atoms with van der Waals surface area (Å²) < 4.78 is 12.0. The zero-order valence-corrected chi connectivity index (χ0v) is 18.1. The van der Waals surface area contributed by atoms with E-state index in [2.05, 4.69) is 18.9 Å². The molecule has 0 aliphatic heterocycles. The SMILES string of the molecule is CCCCCC1CCC(CCCCCN(C)CCCCCCCF)CC1.